The third kappa shape index (κ3) is 4.29. The van der Waals surface area contributed by atoms with Gasteiger partial charge in [0, 0.05) is 24.3 Å². The summed E-state index contributed by atoms with van der Waals surface area (Å²) in [7, 11) is 0. The summed E-state index contributed by atoms with van der Waals surface area (Å²) in [5.41, 5.74) is 3.51. The Bertz CT molecular complexity index is 1400. The van der Waals surface area contributed by atoms with Gasteiger partial charge in [0.05, 0.1) is 15.7 Å². The lowest BCUT2D eigenvalue weighted by Crippen LogP contribution is -2.35. The lowest BCUT2D eigenvalue weighted by Gasteiger charge is -2.29. The fourth-order valence-corrected chi connectivity index (χ4v) is 4.78. The second kappa shape index (κ2) is 9.38. The molecule has 2 aliphatic rings. The molecule has 3 aromatic rings. The van der Waals surface area contributed by atoms with Crippen LogP contribution in [0, 0.1) is 0 Å². The van der Waals surface area contributed by atoms with E-state index < -0.39 is 11.8 Å². The fourth-order valence-electron chi connectivity index (χ4n) is 4.19. The molecule has 0 aromatic heterocycles. The predicted octanol–water partition coefficient (Wildman–Crippen LogP) is 5.63. The lowest BCUT2D eigenvalue weighted by atomic mass is 9.99. The van der Waals surface area contributed by atoms with Crippen LogP contribution in [0.1, 0.15) is 21.5 Å². The summed E-state index contributed by atoms with van der Waals surface area (Å²) in [6, 6.07) is 19.4. The second-order valence-electron chi connectivity index (χ2n) is 8.16. The zero-order valence-electron chi connectivity index (χ0n) is 18.2. The maximum absolute atomic E-state index is 13.0. The monoisotopic (exact) mass is 525 g/mol. The van der Waals surface area contributed by atoms with Crippen molar-refractivity contribution in [1.82, 2.24) is 4.90 Å². The molecule has 0 atom stereocenters. The highest BCUT2D eigenvalue weighted by Gasteiger charge is 2.40. The fraction of sp³-hybridized carbons (Fsp3) is 0.115. The Kier molecular flexibility index (Phi) is 6.28. The molecule has 0 saturated carbocycles. The number of hydrogen-bond acceptors (Lipinski definition) is 4. The van der Waals surface area contributed by atoms with Crippen LogP contribution in [0.3, 0.4) is 0 Å². The van der Waals surface area contributed by atoms with Crippen molar-refractivity contribution in [3.05, 3.63) is 104 Å². The van der Waals surface area contributed by atoms with Crippen LogP contribution in [-0.4, -0.2) is 29.2 Å². The Morgan fingerprint density at radius 3 is 2.29 bits per heavy atom. The molecule has 35 heavy (non-hydrogen) atoms. The van der Waals surface area contributed by atoms with Crippen LogP contribution in [0.25, 0.3) is 0 Å². The number of nitrogens with one attached hydrogen (secondary N) is 1. The van der Waals surface area contributed by atoms with Gasteiger partial charge in [-0.1, -0.05) is 65.1 Å². The largest absolute Gasteiger partial charge is 0.350 e. The number of anilines is 2. The number of halogens is 3. The van der Waals surface area contributed by atoms with Gasteiger partial charge in [0.15, 0.2) is 0 Å². The minimum Gasteiger partial charge on any atom is -0.350 e. The highest BCUT2D eigenvalue weighted by Crippen LogP contribution is 2.37. The molecule has 0 spiro atoms. The smallest absolute Gasteiger partial charge is 0.283 e. The van der Waals surface area contributed by atoms with E-state index in [2.05, 4.69) is 11.4 Å². The average Bonchev–Trinajstić information content (AvgIpc) is 3.08. The SMILES string of the molecule is O=C(c1ccc(NC2=C(Cl)C(=O)N(c3cccc(Cl)c3Cl)C2=O)cc1)N1CCc2ccccc2C1. The third-order valence-electron chi connectivity index (χ3n) is 6.02. The third-order valence-corrected chi connectivity index (χ3v) is 7.18. The number of nitrogens with zero attached hydrogens (tertiary/aromatic N) is 2. The summed E-state index contributed by atoms with van der Waals surface area (Å²) < 4.78 is 0. The molecule has 0 fully saturated rings. The highest BCUT2D eigenvalue weighted by molar-refractivity contribution is 6.54. The first-order valence-corrected chi connectivity index (χ1v) is 11.9. The van der Waals surface area contributed by atoms with Crippen molar-refractivity contribution < 1.29 is 14.4 Å². The molecule has 2 heterocycles. The standard InChI is InChI=1S/C26H18Cl3N3O3/c27-19-6-3-7-20(21(19)28)32-25(34)22(29)23(26(32)35)30-18-10-8-16(9-11-18)24(33)31-13-12-15-4-1-2-5-17(15)14-31/h1-11,30H,12-14H2. The topological polar surface area (TPSA) is 69.7 Å². The Balaban J connectivity index is 1.31. The number of imide groups is 1. The van der Waals surface area contributed by atoms with Crippen molar-refractivity contribution in [2.45, 2.75) is 13.0 Å². The zero-order chi connectivity index (χ0) is 24.7. The Labute approximate surface area is 216 Å². The van der Waals surface area contributed by atoms with Gasteiger partial charge in [0.2, 0.25) is 0 Å². The van der Waals surface area contributed by atoms with Crippen LogP contribution in [0.5, 0.6) is 0 Å². The van der Waals surface area contributed by atoms with Crippen molar-refractivity contribution in [2.24, 2.45) is 0 Å². The number of benzene rings is 3. The van der Waals surface area contributed by atoms with E-state index in [1.54, 1.807) is 36.4 Å². The van der Waals surface area contributed by atoms with Crippen molar-refractivity contribution >= 4 is 63.9 Å². The van der Waals surface area contributed by atoms with Crippen LogP contribution in [0.2, 0.25) is 10.0 Å². The molecule has 3 aromatic carbocycles. The Morgan fingerprint density at radius 2 is 1.54 bits per heavy atom. The molecular formula is C26H18Cl3N3O3. The summed E-state index contributed by atoms with van der Waals surface area (Å²) in [5, 5.41) is 2.91. The summed E-state index contributed by atoms with van der Waals surface area (Å²) in [4.78, 5) is 41.4. The van der Waals surface area contributed by atoms with Gasteiger partial charge in [-0.25, -0.2) is 4.90 Å². The predicted molar refractivity (Wildman–Crippen MR) is 137 cm³/mol. The van der Waals surface area contributed by atoms with E-state index in [9.17, 15) is 14.4 Å². The highest BCUT2D eigenvalue weighted by atomic mass is 35.5. The average molecular weight is 527 g/mol. The maximum atomic E-state index is 13.0. The van der Waals surface area contributed by atoms with E-state index in [-0.39, 0.29) is 32.4 Å². The molecule has 0 unspecified atom stereocenters. The molecule has 6 nitrogen and oxygen atoms in total. The van der Waals surface area contributed by atoms with Gasteiger partial charge < -0.3 is 10.2 Å². The number of rotatable bonds is 4. The van der Waals surface area contributed by atoms with E-state index >= 15 is 0 Å². The van der Waals surface area contributed by atoms with Gasteiger partial charge in [0.1, 0.15) is 10.7 Å². The number of amides is 3. The summed E-state index contributed by atoms with van der Waals surface area (Å²) in [6.45, 7) is 1.22. The minimum atomic E-state index is -0.708. The number of carbonyl (C=O) groups is 3. The Hall–Kier alpha value is -3.32. The summed E-state index contributed by atoms with van der Waals surface area (Å²) >= 11 is 18.4. The molecule has 0 radical (unpaired) electrons. The van der Waals surface area contributed by atoms with E-state index in [0.29, 0.717) is 24.3 Å². The van der Waals surface area contributed by atoms with Crippen LogP contribution in [0.15, 0.2) is 77.5 Å². The molecule has 1 N–H and O–H groups in total. The lowest BCUT2D eigenvalue weighted by molar-refractivity contribution is -0.120. The molecule has 0 saturated heterocycles. The van der Waals surface area contributed by atoms with Crippen LogP contribution >= 0.6 is 34.8 Å². The summed E-state index contributed by atoms with van der Waals surface area (Å²) in [5.74, 6) is -1.44. The Morgan fingerprint density at radius 1 is 0.829 bits per heavy atom. The molecule has 0 bridgehead atoms. The number of carbonyl (C=O) groups excluding carboxylic acids is 3. The molecule has 0 aliphatic carbocycles. The normalized spacial score (nSPS) is 15.5. The van der Waals surface area contributed by atoms with E-state index in [4.69, 9.17) is 34.8 Å². The van der Waals surface area contributed by atoms with Gasteiger partial charge in [0.25, 0.3) is 17.7 Å². The van der Waals surface area contributed by atoms with Crippen LogP contribution in [0.4, 0.5) is 11.4 Å². The van der Waals surface area contributed by atoms with Crippen molar-refractivity contribution in [3.63, 3.8) is 0 Å². The van der Waals surface area contributed by atoms with Crippen molar-refractivity contribution in [1.29, 1.82) is 0 Å². The van der Waals surface area contributed by atoms with Crippen LogP contribution in [-0.2, 0) is 22.6 Å². The molecular weight excluding hydrogens is 509 g/mol. The number of fused-ring (bicyclic) bond motifs is 1. The maximum Gasteiger partial charge on any atom is 0.283 e. The molecule has 2 aliphatic heterocycles. The minimum absolute atomic E-state index is 0.0720. The van der Waals surface area contributed by atoms with Crippen LogP contribution < -0.4 is 10.2 Å². The molecule has 176 valence electrons. The summed E-state index contributed by atoms with van der Waals surface area (Å²) in [6.07, 6.45) is 0.817. The molecule has 3 amide bonds. The van der Waals surface area contributed by atoms with Gasteiger partial charge in [-0.15, -0.1) is 0 Å². The molecule has 9 heteroatoms. The number of hydrogen-bond donors (Lipinski definition) is 1. The second-order valence-corrected chi connectivity index (χ2v) is 9.32. The quantitative estimate of drug-likeness (QED) is 0.448. The van der Waals surface area contributed by atoms with E-state index in [1.165, 1.54) is 11.6 Å². The van der Waals surface area contributed by atoms with Gasteiger partial charge in [-0.3, -0.25) is 14.4 Å². The van der Waals surface area contributed by atoms with E-state index in [0.717, 1.165) is 16.9 Å². The molecule has 5 rings (SSSR count). The van der Waals surface area contributed by atoms with Gasteiger partial charge >= 0.3 is 0 Å². The first kappa shape index (κ1) is 23.4. The zero-order valence-corrected chi connectivity index (χ0v) is 20.5. The van der Waals surface area contributed by atoms with E-state index in [1.807, 2.05) is 23.1 Å². The first-order chi connectivity index (χ1) is 16.8. The van der Waals surface area contributed by atoms with Gasteiger partial charge in [-0.05, 0) is 53.9 Å². The first-order valence-electron chi connectivity index (χ1n) is 10.8. The van der Waals surface area contributed by atoms with Gasteiger partial charge in [-0.2, -0.15) is 0 Å². The van der Waals surface area contributed by atoms with Crippen molar-refractivity contribution in [2.75, 3.05) is 16.8 Å². The van der Waals surface area contributed by atoms with Crippen molar-refractivity contribution in [3.8, 4) is 0 Å².